The average molecular weight is 412 g/mol. The van der Waals surface area contributed by atoms with Gasteiger partial charge in [0.15, 0.2) is 0 Å². The van der Waals surface area contributed by atoms with E-state index in [9.17, 15) is 10.4 Å². The van der Waals surface area contributed by atoms with Crippen LogP contribution in [-0.4, -0.2) is 18.3 Å². The molecule has 0 radical (unpaired) electrons. The van der Waals surface area contributed by atoms with Gasteiger partial charge in [-0.3, -0.25) is 0 Å². The predicted octanol–water partition coefficient (Wildman–Crippen LogP) is 5.07. The van der Waals surface area contributed by atoms with Gasteiger partial charge >= 0.3 is 0 Å². The summed E-state index contributed by atoms with van der Waals surface area (Å²) in [6, 6.07) is 22.7. The second-order valence-electron chi connectivity index (χ2n) is 8.30. The molecule has 1 N–H and O–H groups in total. The molecule has 2 atom stereocenters. The third kappa shape index (κ3) is 3.78. The Morgan fingerprint density at radius 1 is 1.06 bits per heavy atom. The van der Waals surface area contributed by atoms with Gasteiger partial charge in [0, 0.05) is 24.2 Å². The highest BCUT2D eigenvalue weighted by atomic mass is 16.5. The molecule has 0 fully saturated rings. The Labute approximate surface area is 182 Å². The monoisotopic (exact) mass is 411 g/mol. The fraction of sp³-hybridized carbons (Fsp3) is 0.296. The molecule has 0 saturated carbocycles. The van der Waals surface area contributed by atoms with Crippen LogP contribution in [0.25, 0.3) is 0 Å². The lowest BCUT2D eigenvalue weighted by Gasteiger charge is -2.17. The standard InChI is InChI=1S/C27H25NO3/c28-16-19-6-8-24-23(25(19)14-18-4-2-1-3-5-18)10-11-26(24)31-21-7-9-22-20(12-13-29)17-30-27(22)15-21/h1-9,15,20,26,29H,10-14,17H2. The van der Waals surface area contributed by atoms with Gasteiger partial charge in [0.05, 0.1) is 18.2 Å². The number of aliphatic hydroxyl groups excluding tert-OH is 1. The highest BCUT2D eigenvalue weighted by Gasteiger charge is 2.29. The van der Waals surface area contributed by atoms with Crippen LogP contribution in [0.4, 0.5) is 0 Å². The average Bonchev–Trinajstić information content (AvgIpc) is 3.39. The molecule has 31 heavy (non-hydrogen) atoms. The zero-order chi connectivity index (χ0) is 21.2. The van der Waals surface area contributed by atoms with Gasteiger partial charge in [0.1, 0.15) is 17.6 Å². The molecule has 4 nitrogen and oxygen atoms in total. The van der Waals surface area contributed by atoms with Gasteiger partial charge in [-0.1, -0.05) is 42.5 Å². The van der Waals surface area contributed by atoms with Crippen LogP contribution in [-0.2, 0) is 12.8 Å². The number of hydrogen-bond acceptors (Lipinski definition) is 4. The molecule has 2 unspecified atom stereocenters. The summed E-state index contributed by atoms with van der Waals surface area (Å²) in [5.74, 6) is 1.92. The molecule has 1 aliphatic heterocycles. The summed E-state index contributed by atoms with van der Waals surface area (Å²) in [4.78, 5) is 0. The fourth-order valence-electron chi connectivity index (χ4n) is 4.86. The van der Waals surface area contributed by atoms with Gasteiger partial charge in [-0.25, -0.2) is 0 Å². The van der Waals surface area contributed by atoms with E-state index in [1.807, 2.05) is 36.4 Å². The van der Waals surface area contributed by atoms with Crippen LogP contribution in [0.3, 0.4) is 0 Å². The number of nitriles is 1. The summed E-state index contributed by atoms with van der Waals surface area (Å²) < 4.78 is 12.2. The highest BCUT2D eigenvalue weighted by molar-refractivity contribution is 5.52. The molecule has 3 aromatic carbocycles. The minimum atomic E-state index is -0.0232. The summed E-state index contributed by atoms with van der Waals surface area (Å²) in [6.45, 7) is 0.784. The maximum atomic E-state index is 9.67. The Kier molecular flexibility index (Phi) is 5.36. The molecular formula is C27H25NO3. The first-order valence-corrected chi connectivity index (χ1v) is 10.9. The normalized spacial score (nSPS) is 18.7. The van der Waals surface area contributed by atoms with E-state index in [0.717, 1.165) is 47.5 Å². The SMILES string of the molecule is N#Cc1ccc2c(c1Cc1ccccc1)CCC2Oc1ccc2c(c1)OCC2CCO. The zero-order valence-corrected chi connectivity index (χ0v) is 17.4. The van der Waals surface area contributed by atoms with Crippen LogP contribution in [0.5, 0.6) is 11.5 Å². The molecule has 1 heterocycles. The number of ether oxygens (including phenoxy) is 2. The summed E-state index contributed by atoms with van der Waals surface area (Å²) in [5.41, 5.74) is 6.69. The lowest BCUT2D eigenvalue weighted by atomic mass is 9.92. The molecule has 0 bridgehead atoms. The Morgan fingerprint density at radius 3 is 2.71 bits per heavy atom. The van der Waals surface area contributed by atoms with E-state index in [-0.39, 0.29) is 18.6 Å². The maximum absolute atomic E-state index is 9.67. The molecule has 0 spiro atoms. The molecule has 156 valence electrons. The number of benzene rings is 3. The zero-order valence-electron chi connectivity index (χ0n) is 17.4. The van der Waals surface area contributed by atoms with Crippen molar-refractivity contribution in [1.82, 2.24) is 0 Å². The topological polar surface area (TPSA) is 62.5 Å². The number of fused-ring (bicyclic) bond motifs is 2. The van der Waals surface area contributed by atoms with E-state index in [1.165, 1.54) is 16.7 Å². The smallest absolute Gasteiger partial charge is 0.126 e. The van der Waals surface area contributed by atoms with E-state index in [2.05, 4.69) is 30.3 Å². The van der Waals surface area contributed by atoms with Crippen LogP contribution in [0.1, 0.15) is 58.2 Å². The molecule has 0 amide bonds. The van der Waals surface area contributed by atoms with Gasteiger partial charge in [-0.15, -0.1) is 0 Å². The first kappa shape index (κ1) is 19.7. The van der Waals surface area contributed by atoms with Crippen LogP contribution in [0, 0.1) is 11.3 Å². The maximum Gasteiger partial charge on any atom is 0.126 e. The van der Waals surface area contributed by atoms with Crippen LogP contribution in [0.2, 0.25) is 0 Å². The van der Waals surface area contributed by atoms with Gasteiger partial charge in [0.2, 0.25) is 0 Å². The molecule has 2 aliphatic rings. The lowest BCUT2D eigenvalue weighted by molar-refractivity contribution is 0.206. The van der Waals surface area contributed by atoms with Gasteiger partial charge in [-0.05, 0) is 60.1 Å². The van der Waals surface area contributed by atoms with Crippen molar-refractivity contribution in [3.8, 4) is 17.6 Å². The fourth-order valence-corrected chi connectivity index (χ4v) is 4.86. The molecule has 0 saturated heterocycles. The minimum Gasteiger partial charge on any atom is -0.493 e. The Hall–Kier alpha value is -3.29. The second kappa shape index (κ2) is 8.45. The van der Waals surface area contributed by atoms with Crippen molar-refractivity contribution in [3.05, 3.63) is 94.0 Å². The van der Waals surface area contributed by atoms with Gasteiger partial charge in [0.25, 0.3) is 0 Å². The quantitative estimate of drug-likeness (QED) is 0.615. The van der Waals surface area contributed by atoms with Crippen molar-refractivity contribution >= 4 is 0 Å². The number of hydrogen-bond donors (Lipinski definition) is 1. The summed E-state index contributed by atoms with van der Waals surface area (Å²) in [6.07, 6.45) is 3.27. The molecule has 3 aromatic rings. The van der Waals surface area contributed by atoms with Gasteiger partial charge < -0.3 is 14.6 Å². The van der Waals surface area contributed by atoms with Crippen molar-refractivity contribution in [1.29, 1.82) is 5.26 Å². The Bertz CT molecular complexity index is 1130. The minimum absolute atomic E-state index is 0.0232. The largest absolute Gasteiger partial charge is 0.493 e. The third-order valence-electron chi connectivity index (χ3n) is 6.44. The van der Waals surface area contributed by atoms with Crippen molar-refractivity contribution in [2.45, 2.75) is 37.7 Å². The van der Waals surface area contributed by atoms with Crippen LogP contribution < -0.4 is 9.47 Å². The van der Waals surface area contributed by atoms with Gasteiger partial charge in [-0.2, -0.15) is 5.26 Å². The summed E-state index contributed by atoms with van der Waals surface area (Å²) in [7, 11) is 0. The van der Waals surface area contributed by atoms with E-state index in [0.29, 0.717) is 13.0 Å². The molecule has 5 rings (SSSR count). The lowest BCUT2D eigenvalue weighted by Crippen LogP contribution is -2.05. The van der Waals surface area contributed by atoms with Crippen LogP contribution in [0.15, 0.2) is 60.7 Å². The number of nitrogens with zero attached hydrogens (tertiary/aromatic N) is 1. The van der Waals surface area contributed by atoms with Crippen LogP contribution >= 0.6 is 0 Å². The van der Waals surface area contributed by atoms with E-state index in [1.54, 1.807) is 0 Å². The summed E-state index contributed by atoms with van der Waals surface area (Å²) in [5, 5.41) is 18.9. The molecule has 1 aliphatic carbocycles. The molecular weight excluding hydrogens is 386 g/mol. The Morgan fingerprint density at radius 2 is 1.90 bits per heavy atom. The highest BCUT2D eigenvalue weighted by Crippen LogP contribution is 2.42. The van der Waals surface area contributed by atoms with E-state index < -0.39 is 0 Å². The third-order valence-corrected chi connectivity index (χ3v) is 6.44. The van der Waals surface area contributed by atoms with Crippen molar-refractivity contribution in [2.24, 2.45) is 0 Å². The molecule has 0 aromatic heterocycles. The van der Waals surface area contributed by atoms with Crippen molar-refractivity contribution in [3.63, 3.8) is 0 Å². The summed E-state index contributed by atoms with van der Waals surface area (Å²) >= 11 is 0. The molecule has 4 heteroatoms. The first-order valence-electron chi connectivity index (χ1n) is 10.9. The predicted molar refractivity (Wildman–Crippen MR) is 118 cm³/mol. The second-order valence-corrected chi connectivity index (χ2v) is 8.30. The van der Waals surface area contributed by atoms with Crippen molar-refractivity contribution < 1.29 is 14.6 Å². The number of aliphatic hydroxyl groups is 1. The Balaban J connectivity index is 1.40. The van der Waals surface area contributed by atoms with E-state index in [4.69, 9.17) is 9.47 Å². The van der Waals surface area contributed by atoms with Crippen molar-refractivity contribution in [2.75, 3.05) is 13.2 Å². The first-order chi connectivity index (χ1) is 15.3. The number of rotatable bonds is 6. The van der Waals surface area contributed by atoms with E-state index >= 15 is 0 Å².